The third kappa shape index (κ3) is 2.87. The van der Waals surface area contributed by atoms with Gasteiger partial charge in [-0.15, -0.1) is 22.7 Å². The Labute approximate surface area is 148 Å². The van der Waals surface area contributed by atoms with Crippen molar-refractivity contribution in [3.05, 3.63) is 67.9 Å². The Morgan fingerprint density at radius 2 is 2.13 bits per heavy atom. The summed E-state index contributed by atoms with van der Waals surface area (Å²) in [4.78, 5) is 22.2. The lowest BCUT2D eigenvalue weighted by Crippen LogP contribution is -2.20. The van der Waals surface area contributed by atoms with Gasteiger partial charge in [-0.05, 0) is 23.6 Å². The van der Waals surface area contributed by atoms with E-state index in [4.69, 9.17) is 0 Å². The summed E-state index contributed by atoms with van der Waals surface area (Å²) in [5.41, 5.74) is 1.91. The van der Waals surface area contributed by atoms with Crippen molar-refractivity contribution >= 4 is 48.8 Å². The van der Waals surface area contributed by atoms with Gasteiger partial charge < -0.3 is 0 Å². The van der Waals surface area contributed by atoms with Crippen LogP contribution >= 0.6 is 38.6 Å². The first-order valence-corrected chi connectivity index (χ1v) is 9.39. The van der Waals surface area contributed by atoms with E-state index in [1.807, 2.05) is 41.1 Å². The van der Waals surface area contributed by atoms with Crippen molar-refractivity contribution in [3.63, 3.8) is 0 Å². The Balaban J connectivity index is 1.66. The number of halogens is 1. The predicted molar refractivity (Wildman–Crippen MR) is 98.2 cm³/mol. The molecule has 0 N–H and O–H groups in total. The van der Waals surface area contributed by atoms with E-state index in [9.17, 15) is 4.79 Å². The number of hydrogen-bond donors (Lipinski definition) is 0. The van der Waals surface area contributed by atoms with E-state index >= 15 is 0 Å². The summed E-state index contributed by atoms with van der Waals surface area (Å²) < 4.78 is 2.63. The van der Waals surface area contributed by atoms with Crippen molar-refractivity contribution in [2.45, 2.75) is 6.54 Å². The summed E-state index contributed by atoms with van der Waals surface area (Å²) in [7, 11) is 0. The summed E-state index contributed by atoms with van der Waals surface area (Å²) in [6, 6.07) is 9.85. The zero-order valence-corrected chi connectivity index (χ0v) is 15.0. The van der Waals surface area contributed by atoms with Gasteiger partial charge in [0.05, 0.1) is 24.0 Å². The van der Waals surface area contributed by atoms with Crippen molar-refractivity contribution in [2.75, 3.05) is 0 Å². The van der Waals surface area contributed by atoms with Gasteiger partial charge in [-0.3, -0.25) is 9.36 Å². The van der Waals surface area contributed by atoms with Crippen LogP contribution in [0.15, 0.2) is 56.7 Å². The maximum absolute atomic E-state index is 12.4. The van der Waals surface area contributed by atoms with Crippen LogP contribution in [0.2, 0.25) is 0 Å². The Morgan fingerprint density at radius 3 is 3.00 bits per heavy atom. The van der Waals surface area contributed by atoms with Gasteiger partial charge in [0.1, 0.15) is 9.84 Å². The van der Waals surface area contributed by atoms with Gasteiger partial charge in [0.25, 0.3) is 5.56 Å². The van der Waals surface area contributed by atoms with Crippen LogP contribution < -0.4 is 5.56 Å². The van der Waals surface area contributed by atoms with Gasteiger partial charge in [0.15, 0.2) is 0 Å². The molecule has 0 unspecified atom stereocenters. The molecule has 0 saturated carbocycles. The second kappa shape index (κ2) is 5.99. The van der Waals surface area contributed by atoms with E-state index in [1.54, 1.807) is 22.2 Å². The first kappa shape index (κ1) is 14.7. The second-order valence-corrected chi connectivity index (χ2v) is 7.64. The minimum Gasteiger partial charge on any atom is -0.293 e. The first-order valence-electron chi connectivity index (χ1n) is 6.84. The molecule has 0 bridgehead atoms. The molecule has 114 valence electrons. The molecular weight excluding hydrogens is 394 g/mol. The van der Waals surface area contributed by atoms with Crippen LogP contribution in [0, 0.1) is 0 Å². The molecule has 0 radical (unpaired) electrons. The Hall–Kier alpha value is -1.83. The summed E-state index contributed by atoms with van der Waals surface area (Å²) in [5.74, 6) is 0. The highest BCUT2D eigenvalue weighted by atomic mass is 79.9. The lowest BCUT2D eigenvalue weighted by molar-refractivity contribution is 0.735. The Bertz CT molecular complexity index is 1050. The topological polar surface area (TPSA) is 47.8 Å². The van der Waals surface area contributed by atoms with Gasteiger partial charge in [0.2, 0.25) is 0 Å². The van der Waals surface area contributed by atoms with Crippen LogP contribution in [-0.4, -0.2) is 14.5 Å². The molecule has 3 heterocycles. The molecule has 0 fully saturated rings. The fraction of sp³-hybridized carbons (Fsp3) is 0.0625. The Kier molecular flexibility index (Phi) is 3.84. The van der Waals surface area contributed by atoms with Gasteiger partial charge in [-0.25, -0.2) is 9.97 Å². The molecule has 0 amide bonds. The van der Waals surface area contributed by atoms with Gasteiger partial charge in [0, 0.05) is 15.4 Å². The van der Waals surface area contributed by atoms with E-state index in [2.05, 4.69) is 25.9 Å². The minimum absolute atomic E-state index is 0.0201. The molecule has 4 aromatic rings. The molecular formula is C16H10BrN3OS2. The zero-order chi connectivity index (χ0) is 15.8. The van der Waals surface area contributed by atoms with Crippen molar-refractivity contribution in [1.29, 1.82) is 0 Å². The number of rotatable bonds is 3. The van der Waals surface area contributed by atoms with Crippen LogP contribution in [0.1, 0.15) is 5.69 Å². The average molecular weight is 404 g/mol. The summed E-state index contributed by atoms with van der Waals surface area (Å²) in [6.07, 6.45) is 1.60. The molecule has 0 atom stereocenters. The van der Waals surface area contributed by atoms with E-state index < -0.39 is 0 Å². The monoisotopic (exact) mass is 403 g/mol. The predicted octanol–water partition coefficient (Wildman–Crippen LogP) is 4.39. The van der Waals surface area contributed by atoms with Crippen LogP contribution in [0.25, 0.3) is 20.8 Å². The number of benzene rings is 1. The highest BCUT2D eigenvalue weighted by Crippen LogP contribution is 2.26. The molecule has 0 aliphatic rings. The molecule has 23 heavy (non-hydrogen) atoms. The molecule has 1 aromatic carbocycles. The minimum atomic E-state index is -0.0201. The normalized spacial score (nSPS) is 11.2. The van der Waals surface area contributed by atoms with Crippen molar-refractivity contribution in [1.82, 2.24) is 14.5 Å². The van der Waals surface area contributed by atoms with E-state index in [0.29, 0.717) is 11.9 Å². The number of hydrogen-bond acceptors (Lipinski definition) is 5. The third-order valence-electron chi connectivity index (χ3n) is 3.41. The smallest absolute Gasteiger partial charge is 0.262 e. The lowest BCUT2D eigenvalue weighted by atomic mass is 10.2. The van der Waals surface area contributed by atoms with Crippen LogP contribution in [0.3, 0.4) is 0 Å². The van der Waals surface area contributed by atoms with Crippen LogP contribution in [0.4, 0.5) is 0 Å². The Morgan fingerprint density at radius 1 is 1.22 bits per heavy atom. The summed E-state index contributed by atoms with van der Waals surface area (Å²) in [6.45, 7) is 0.433. The van der Waals surface area contributed by atoms with E-state index in [0.717, 1.165) is 25.6 Å². The molecule has 4 nitrogen and oxygen atoms in total. The van der Waals surface area contributed by atoms with Crippen molar-refractivity contribution in [2.24, 2.45) is 0 Å². The van der Waals surface area contributed by atoms with E-state index in [1.165, 1.54) is 11.3 Å². The molecule has 0 aliphatic carbocycles. The van der Waals surface area contributed by atoms with Gasteiger partial charge >= 0.3 is 0 Å². The third-order valence-corrected chi connectivity index (χ3v) is 5.66. The molecule has 0 aliphatic heterocycles. The standard InChI is InChI=1S/C16H10BrN3OS2/c17-11-3-1-2-10(6-11)14-19-12(8-23-14)7-20-9-18-15-13(16(20)21)4-5-22-15/h1-6,8-9H,7H2. The fourth-order valence-corrected chi connectivity index (χ4v) is 4.24. The number of fused-ring (bicyclic) bond motifs is 1. The second-order valence-electron chi connectivity index (χ2n) is 4.97. The van der Waals surface area contributed by atoms with Crippen LogP contribution in [-0.2, 0) is 6.54 Å². The number of aromatic nitrogens is 3. The number of nitrogens with zero attached hydrogens (tertiary/aromatic N) is 3. The summed E-state index contributed by atoms with van der Waals surface area (Å²) >= 11 is 6.53. The average Bonchev–Trinajstić information content (AvgIpc) is 3.20. The molecule has 4 rings (SSSR count). The van der Waals surface area contributed by atoms with E-state index in [-0.39, 0.29) is 5.56 Å². The van der Waals surface area contributed by atoms with Gasteiger partial charge in [-0.1, -0.05) is 28.1 Å². The number of thiophene rings is 1. The van der Waals surface area contributed by atoms with Crippen molar-refractivity contribution < 1.29 is 0 Å². The highest BCUT2D eigenvalue weighted by molar-refractivity contribution is 9.10. The fourth-order valence-electron chi connectivity index (χ4n) is 2.31. The zero-order valence-electron chi connectivity index (χ0n) is 11.8. The quantitative estimate of drug-likeness (QED) is 0.509. The lowest BCUT2D eigenvalue weighted by Gasteiger charge is -2.02. The van der Waals surface area contributed by atoms with Crippen LogP contribution in [0.5, 0.6) is 0 Å². The maximum Gasteiger partial charge on any atom is 0.262 e. The highest BCUT2D eigenvalue weighted by Gasteiger charge is 2.09. The SMILES string of the molecule is O=c1c2ccsc2ncn1Cc1csc(-c2cccc(Br)c2)n1. The molecule has 7 heteroatoms. The molecule has 0 saturated heterocycles. The first-order chi connectivity index (χ1) is 11.2. The van der Waals surface area contributed by atoms with Gasteiger partial charge in [-0.2, -0.15) is 0 Å². The number of thiazole rings is 1. The molecule has 0 spiro atoms. The molecule has 3 aromatic heterocycles. The van der Waals surface area contributed by atoms with Crippen molar-refractivity contribution in [3.8, 4) is 10.6 Å². The maximum atomic E-state index is 12.4. The summed E-state index contributed by atoms with van der Waals surface area (Å²) in [5, 5.41) is 5.48. The largest absolute Gasteiger partial charge is 0.293 e.